The molecule has 2 saturated heterocycles. The van der Waals surface area contributed by atoms with Crippen LogP contribution in [-0.2, 0) is 17.9 Å². The first-order valence-electron chi connectivity index (χ1n) is 8.84. The van der Waals surface area contributed by atoms with E-state index in [-0.39, 0.29) is 43.1 Å². The largest absolute Gasteiger partial charge is 0.334 e. The number of likely N-dealkylation sites (tertiary alicyclic amines) is 2. The first-order valence-corrected chi connectivity index (χ1v) is 8.84. The number of benzene rings is 2. The molecule has 7 heteroatoms. The minimum atomic E-state index is -0.888. The zero-order chi connectivity index (χ0) is 19.1. The Morgan fingerprint density at radius 3 is 2.44 bits per heavy atom. The molecule has 3 nitrogen and oxygen atoms in total. The van der Waals surface area contributed by atoms with Gasteiger partial charge >= 0.3 is 0 Å². The highest BCUT2D eigenvalue weighted by atomic mass is 19.2. The number of hydrogen-bond acceptors (Lipinski definition) is 2. The number of rotatable bonds is 4. The van der Waals surface area contributed by atoms with E-state index in [9.17, 15) is 22.4 Å². The highest BCUT2D eigenvalue weighted by molar-refractivity contribution is 5.80. The Balaban J connectivity index is 1.50. The van der Waals surface area contributed by atoms with Crippen molar-refractivity contribution in [1.29, 1.82) is 0 Å². The summed E-state index contributed by atoms with van der Waals surface area (Å²) in [6.45, 7) is 1.00. The van der Waals surface area contributed by atoms with Crippen LogP contribution in [0.15, 0.2) is 36.4 Å². The molecule has 2 atom stereocenters. The molecule has 0 aliphatic carbocycles. The maximum atomic E-state index is 14.0. The van der Waals surface area contributed by atoms with Gasteiger partial charge in [0.2, 0.25) is 5.91 Å². The lowest BCUT2D eigenvalue weighted by atomic mass is 10.1. The van der Waals surface area contributed by atoms with Gasteiger partial charge < -0.3 is 4.90 Å². The first-order chi connectivity index (χ1) is 12.9. The van der Waals surface area contributed by atoms with Crippen molar-refractivity contribution in [2.45, 2.75) is 38.0 Å². The number of fused-ring (bicyclic) bond motifs is 1. The average Bonchev–Trinajstić information content (AvgIpc) is 3.11. The normalized spacial score (nSPS) is 22.5. The summed E-state index contributed by atoms with van der Waals surface area (Å²) in [5, 5.41) is 0. The molecule has 0 radical (unpaired) electrons. The third-order valence-electron chi connectivity index (χ3n) is 5.41. The van der Waals surface area contributed by atoms with E-state index in [2.05, 4.69) is 0 Å². The summed E-state index contributed by atoms with van der Waals surface area (Å²) in [5.41, 5.74) is 0.657. The molecule has 4 rings (SSSR count). The fourth-order valence-corrected chi connectivity index (χ4v) is 4.20. The molecular formula is C20H18F4N2O. The monoisotopic (exact) mass is 378 g/mol. The lowest BCUT2D eigenvalue weighted by Crippen LogP contribution is -2.36. The van der Waals surface area contributed by atoms with Gasteiger partial charge in [-0.2, -0.15) is 0 Å². The molecule has 0 bridgehead atoms. The summed E-state index contributed by atoms with van der Waals surface area (Å²) in [4.78, 5) is 16.1. The van der Waals surface area contributed by atoms with Gasteiger partial charge in [-0.05, 0) is 30.2 Å². The molecule has 2 aliphatic rings. The minimum Gasteiger partial charge on any atom is -0.334 e. The van der Waals surface area contributed by atoms with Gasteiger partial charge in [0.05, 0.1) is 0 Å². The molecule has 2 aliphatic heterocycles. The molecule has 2 heterocycles. The molecule has 0 N–H and O–H groups in total. The quantitative estimate of drug-likeness (QED) is 0.759. The van der Waals surface area contributed by atoms with Gasteiger partial charge in [0.15, 0.2) is 11.6 Å². The lowest BCUT2D eigenvalue weighted by Gasteiger charge is -2.25. The summed E-state index contributed by atoms with van der Waals surface area (Å²) >= 11 is 0. The molecule has 2 fully saturated rings. The Morgan fingerprint density at radius 1 is 0.963 bits per heavy atom. The molecule has 0 saturated carbocycles. The van der Waals surface area contributed by atoms with Crippen LogP contribution in [0.4, 0.5) is 17.6 Å². The Bertz CT molecular complexity index is 868. The number of nitrogens with zero attached hydrogens (tertiary/aromatic N) is 2. The van der Waals surface area contributed by atoms with Crippen LogP contribution in [0.2, 0.25) is 0 Å². The summed E-state index contributed by atoms with van der Waals surface area (Å²) in [5.74, 6) is -3.21. The van der Waals surface area contributed by atoms with E-state index in [1.165, 1.54) is 24.3 Å². The minimum absolute atomic E-state index is 0.0968. The van der Waals surface area contributed by atoms with Crippen LogP contribution in [-0.4, -0.2) is 34.3 Å². The molecule has 2 aromatic rings. The smallest absolute Gasteiger partial charge is 0.224 e. The highest BCUT2D eigenvalue weighted by Gasteiger charge is 2.46. The van der Waals surface area contributed by atoms with E-state index in [1.807, 2.05) is 4.90 Å². The van der Waals surface area contributed by atoms with Gasteiger partial charge in [-0.15, -0.1) is 0 Å². The SMILES string of the molecule is O=C1C[C@H]2[C@H](CCN2Cc2cccc(F)c2F)N1Cc1cc(F)cc(F)c1. The summed E-state index contributed by atoms with van der Waals surface area (Å²) in [6.07, 6.45) is 0.949. The van der Waals surface area contributed by atoms with E-state index in [0.717, 1.165) is 12.1 Å². The molecule has 142 valence electrons. The third kappa shape index (κ3) is 3.43. The predicted octanol–water partition coefficient (Wildman–Crippen LogP) is 3.62. The highest BCUT2D eigenvalue weighted by Crippen LogP contribution is 2.35. The van der Waals surface area contributed by atoms with Crippen LogP contribution in [0.1, 0.15) is 24.0 Å². The maximum Gasteiger partial charge on any atom is 0.224 e. The third-order valence-corrected chi connectivity index (χ3v) is 5.41. The number of halogens is 4. The van der Waals surface area contributed by atoms with Crippen molar-refractivity contribution >= 4 is 5.91 Å². The average molecular weight is 378 g/mol. The van der Waals surface area contributed by atoms with Crippen molar-refractivity contribution in [2.75, 3.05) is 6.54 Å². The Hall–Kier alpha value is -2.41. The summed E-state index contributed by atoms with van der Waals surface area (Å²) in [7, 11) is 0. The second-order valence-electron chi connectivity index (χ2n) is 7.11. The molecular weight excluding hydrogens is 360 g/mol. The van der Waals surface area contributed by atoms with Crippen LogP contribution >= 0.6 is 0 Å². The Kier molecular flexibility index (Phi) is 4.63. The molecule has 2 aromatic carbocycles. The van der Waals surface area contributed by atoms with Gasteiger partial charge in [0.25, 0.3) is 0 Å². The Labute approximate surface area is 154 Å². The number of hydrogen-bond donors (Lipinski definition) is 0. The van der Waals surface area contributed by atoms with Crippen molar-refractivity contribution in [3.8, 4) is 0 Å². The van der Waals surface area contributed by atoms with Gasteiger partial charge in [0, 0.05) is 49.8 Å². The second-order valence-corrected chi connectivity index (χ2v) is 7.11. The van der Waals surface area contributed by atoms with Crippen LogP contribution in [0.25, 0.3) is 0 Å². The predicted molar refractivity (Wildman–Crippen MR) is 90.5 cm³/mol. The van der Waals surface area contributed by atoms with Crippen molar-refractivity contribution in [3.63, 3.8) is 0 Å². The summed E-state index contributed by atoms with van der Waals surface area (Å²) in [6, 6.07) is 7.10. The van der Waals surface area contributed by atoms with Crippen molar-refractivity contribution in [1.82, 2.24) is 9.80 Å². The van der Waals surface area contributed by atoms with E-state index < -0.39 is 23.3 Å². The van der Waals surface area contributed by atoms with E-state index in [1.54, 1.807) is 4.90 Å². The fraction of sp³-hybridized carbons (Fsp3) is 0.350. The number of carbonyl (C=O) groups excluding carboxylic acids is 1. The first kappa shape index (κ1) is 18.0. The molecule has 0 aromatic heterocycles. The van der Waals surface area contributed by atoms with E-state index in [4.69, 9.17) is 0 Å². The van der Waals surface area contributed by atoms with Gasteiger partial charge in [-0.1, -0.05) is 12.1 Å². The number of amides is 1. The molecule has 0 spiro atoms. The molecule has 0 unspecified atom stereocenters. The van der Waals surface area contributed by atoms with Crippen LogP contribution in [0.5, 0.6) is 0 Å². The summed E-state index contributed by atoms with van der Waals surface area (Å²) < 4.78 is 54.2. The van der Waals surface area contributed by atoms with Crippen molar-refractivity contribution < 1.29 is 22.4 Å². The van der Waals surface area contributed by atoms with Crippen LogP contribution in [0.3, 0.4) is 0 Å². The fourth-order valence-electron chi connectivity index (χ4n) is 4.20. The molecule has 27 heavy (non-hydrogen) atoms. The second kappa shape index (κ2) is 6.96. The van der Waals surface area contributed by atoms with E-state index in [0.29, 0.717) is 18.5 Å². The lowest BCUT2D eigenvalue weighted by molar-refractivity contribution is -0.129. The zero-order valence-electron chi connectivity index (χ0n) is 14.5. The van der Waals surface area contributed by atoms with Gasteiger partial charge in [-0.25, -0.2) is 17.6 Å². The topological polar surface area (TPSA) is 23.6 Å². The van der Waals surface area contributed by atoms with Crippen LogP contribution in [0, 0.1) is 23.3 Å². The number of carbonyl (C=O) groups is 1. The zero-order valence-corrected chi connectivity index (χ0v) is 14.5. The van der Waals surface area contributed by atoms with Crippen LogP contribution < -0.4 is 0 Å². The maximum absolute atomic E-state index is 14.0. The molecule has 1 amide bonds. The Morgan fingerprint density at radius 2 is 1.70 bits per heavy atom. The standard InChI is InChI=1S/C20H18F4N2O/c21-14-6-12(7-15(22)8-14)10-26-17-4-5-25(18(17)9-19(26)27)11-13-2-1-3-16(23)20(13)24/h1-3,6-8,17-18H,4-5,9-11H2/t17-,18-/m0/s1. The van der Waals surface area contributed by atoms with Gasteiger partial charge in [0.1, 0.15) is 11.6 Å². The van der Waals surface area contributed by atoms with Crippen molar-refractivity contribution in [3.05, 3.63) is 70.8 Å². The van der Waals surface area contributed by atoms with Crippen molar-refractivity contribution in [2.24, 2.45) is 0 Å². The van der Waals surface area contributed by atoms with E-state index >= 15 is 0 Å². The van der Waals surface area contributed by atoms with Gasteiger partial charge in [-0.3, -0.25) is 9.69 Å².